The van der Waals surface area contributed by atoms with E-state index in [4.69, 9.17) is 15.7 Å². The molecule has 10 heteroatoms. The fraction of sp³-hybridized carbons (Fsp3) is 0.700. The molecule has 1 aliphatic carbocycles. The lowest BCUT2D eigenvalue weighted by Gasteiger charge is -2.31. The maximum Gasteiger partial charge on any atom is 0.407 e. The second kappa shape index (κ2) is 8.63. The molecule has 0 bridgehead atoms. The number of nitrogens with zero attached hydrogens (tertiary/aromatic N) is 5. The molecule has 2 aliphatic rings. The lowest BCUT2D eigenvalue weighted by atomic mass is 9.92. The predicted molar refractivity (Wildman–Crippen MR) is 116 cm³/mol. The molecule has 2 aromatic rings. The van der Waals surface area contributed by atoms with Crippen LogP contribution >= 0.6 is 0 Å². The van der Waals surface area contributed by atoms with Crippen LogP contribution < -0.4 is 16.4 Å². The smallest absolute Gasteiger partial charge is 0.407 e. The Kier molecular flexibility index (Phi) is 5.94. The molecule has 1 saturated carbocycles. The Hall–Kier alpha value is -2.62. The molecule has 0 unspecified atom stereocenters. The first-order valence-electron chi connectivity index (χ1n) is 10.9. The molecule has 0 aromatic carbocycles. The SMILES string of the molecule is CC(C)n1cnc2c(NC3CCN(C(=O)O)CC3)nc(N[C@H]3CC[C@H](N)CC3)nc21. The molecule has 10 nitrogen and oxygen atoms in total. The number of aromatic nitrogens is 4. The number of hydrogen-bond donors (Lipinski definition) is 4. The largest absolute Gasteiger partial charge is 0.465 e. The van der Waals surface area contributed by atoms with Crippen LogP contribution in [0.15, 0.2) is 6.33 Å². The lowest BCUT2D eigenvalue weighted by Crippen LogP contribution is -2.41. The Bertz CT molecular complexity index is 882. The fourth-order valence-electron chi connectivity index (χ4n) is 4.31. The summed E-state index contributed by atoms with van der Waals surface area (Å²) in [7, 11) is 0. The maximum absolute atomic E-state index is 11.2. The summed E-state index contributed by atoms with van der Waals surface area (Å²) in [6, 6.07) is 1.01. The standard InChI is InChI=1S/C20H32N8O2/c1-12(2)28-11-22-16-17(23-15-7-9-27(10-8-15)20(29)30)25-19(26-18(16)28)24-14-5-3-13(21)4-6-14/h11-15H,3-10,21H2,1-2H3,(H,29,30)(H2,23,24,25,26)/t13-,14-. The molecule has 0 atom stereocenters. The topological polar surface area (TPSA) is 134 Å². The van der Waals surface area contributed by atoms with Gasteiger partial charge in [-0.3, -0.25) is 0 Å². The van der Waals surface area contributed by atoms with Crippen molar-refractivity contribution in [1.82, 2.24) is 24.4 Å². The van der Waals surface area contributed by atoms with E-state index < -0.39 is 6.09 Å². The molecule has 4 rings (SSSR count). The fourth-order valence-corrected chi connectivity index (χ4v) is 4.31. The van der Waals surface area contributed by atoms with Gasteiger partial charge in [-0.2, -0.15) is 9.97 Å². The van der Waals surface area contributed by atoms with Crippen molar-refractivity contribution in [3.05, 3.63) is 6.33 Å². The molecule has 2 fully saturated rings. The third kappa shape index (κ3) is 4.43. The molecule has 5 N–H and O–H groups in total. The first-order valence-corrected chi connectivity index (χ1v) is 10.9. The zero-order valence-corrected chi connectivity index (χ0v) is 17.7. The van der Waals surface area contributed by atoms with Crippen molar-refractivity contribution in [3.63, 3.8) is 0 Å². The average Bonchev–Trinajstić information content (AvgIpc) is 3.15. The van der Waals surface area contributed by atoms with E-state index in [1.165, 1.54) is 4.90 Å². The van der Waals surface area contributed by atoms with Crippen LogP contribution in [0.4, 0.5) is 16.6 Å². The molecule has 1 saturated heterocycles. The molecule has 2 aromatic heterocycles. The Morgan fingerprint density at radius 1 is 1.10 bits per heavy atom. The van der Waals surface area contributed by atoms with Crippen LogP contribution in [0, 0.1) is 0 Å². The summed E-state index contributed by atoms with van der Waals surface area (Å²) in [4.78, 5) is 26.7. The molecular weight excluding hydrogens is 384 g/mol. The Morgan fingerprint density at radius 3 is 2.40 bits per heavy atom. The van der Waals surface area contributed by atoms with Crippen LogP contribution in [0.1, 0.15) is 58.4 Å². The zero-order valence-electron chi connectivity index (χ0n) is 17.7. The van der Waals surface area contributed by atoms with Crippen LogP contribution in [0.3, 0.4) is 0 Å². The van der Waals surface area contributed by atoms with Crippen molar-refractivity contribution < 1.29 is 9.90 Å². The molecule has 1 amide bonds. The monoisotopic (exact) mass is 416 g/mol. The van der Waals surface area contributed by atoms with Crippen LogP contribution in [-0.2, 0) is 0 Å². The van der Waals surface area contributed by atoms with E-state index in [0.717, 1.165) is 49.7 Å². The molecule has 164 valence electrons. The summed E-state index contributed by atoms with van der Waals surface area (Å²) in [5.41, 5.74) is 7.60. The van der Waals surface area contributed by atoms with Gasteiger partial charge in [0.25, 0.3) is 0 Å². The number of rotatable bonds is 5. The number of carbonyl (C=O) groups is 1. The number of likely N-dealkylation sites (tertiary alicyclic amines) is 1. The highest BCUT2D eigenvalue weighted by Crippen LogP contribution is 2.27. The minimum absolute atomic E-state index is 0.156. The minimum atomic E-state index is -0.854. The number of piperidine rings is 1. The highest BCUT2D eigenvalue weighted by molar-refractivity contribution is 5.84. The maximum atomic E-state index is 11.2. The highest BCUT2D eigenvalue weighted by Gasteiger charge is 2.25. The van der Waals surface area contributed by atoms with Crippen LogP contribution in [0.5, 0.6) is 0 Å². The van der Waals surface area contributed by atoms with E-state index in [9.17, 15) is 9.90 Å². The van der Waals surface area contributed by atoms with E-state index >= 15 is 0 Å². The van der Waals surface area contributed by atoms with Gasteiger partial charge < -0.3 is 30.9 Å². The van der Waals surface area contributed by atoms with Gasteiger partial charge in [-0.25, -0.2) is 9.78 Å². The van der Waals surface area contributed by atoms with Crippen molar-refractivity contribution in [2.45, 2.75) is 76.5 Å². The molecule has 1 aliphatic heterocycles. The second-order valence-corrected chi connectivity index (χ2v) is 8.76. The third-order valence-corrected chi connectivity index (χ3v) is 6.19. The van der Waals surface area contributed by atoms with Gasteiger partial charge >= 0.3 is 6.09 Å². The van der Waals surface area contributed by atoms with Gasteiger partial charge in [-0.15, -0.1) is 0 Å². The number of fused-ring (bicyclic) bond motifs is 1. The van der Waals surface area contributed by atoms with Gasteiger partial charge in [0.2, 0.25) is 5.95 Å². The van der Waals surface area contributed by atoms with E-state index in [1.807, 2.05) is 6.33 Å². The molecule has 0 radical (unpaired) electrons. The van der Waals surface area contributed by atoms with Crippen LogP contribution in [0.2, 0.25) is 0 Å². The van der Waals surface area contributed by atoms with Crippen molar-refractivity contribution in [2.75, 3.05) is 23.7 Å². The van der Waals surface area contributed by atoms with Crippen molar-refractivity contribution in [3.8, 4) is 0 Å². The normalized spacial score (nSPS) is 23.1. The van der Waals surface area contributed by atoms with Gasteiger partial charge in [0.1, 0.15) is 0 Å². The van der Waals surface area contributed by atoms with E-state index in [0.29, 0.717) is 36.9 Å². The lowest BCUT2D eigenvalue weighted by molar-refractivity contribution is 0.134. The summed E-state index contributed by atoms with van der Waals surface area (Å²) in [5, 5.41) is 16.2. The van der Waals surface area contributed by atoms with E-state index in [2.05, 4.69) is 34.0 Å². The molecule has 3 heterocycles. The number of carboxylic acid groups (broad SMARTS) is 1. The van der Waals surface area contributed by atoms with Crippen molar-refractivity contribution in [2.24, 2.45) is 5.73 Å². The van der Waals surface area contributed by atoms with Gasteiger partial charge in [0.05, 0.1) is 6.33 Å². The third-order valence-electron chi connectivity index (χ3n) is 6.19. The minimum Gasteiger partial charge on any atom is -0.465 e. The average molecular weight is 417 g/mol. The molecular formula is C20H32N8O2. The van der Waals surface area contributed by atoms with Gasteiger partial charge in [0.15, 0.2) is 17.0 Å². The summed E-state index contributed by atoms with van der Waals surface area (Å²) in [6.45, 7) is 5.26. The molecule has 30 heavy (non-hydrogen) atoms. The van der Waals surface area contributed by atoms with E-state index in [1.54, 1.807) is 0 Å². The number of imidazole rings is 1. The summed E-state index contributed by atoms with van der Waals surface area (Å²) >= 11 is 0. The van der Waals surface area contributed by atoms with Gasteiger partial charge in [0, 0.05) is 37.3 Å². The van der Waals surface area contributed by atoms with Crippen molar-refractivity contribution in [1.29, 1.82) is 0 Å². The van der Waals surface area contributed by atoms with Crippen LogP contribution in [-0.4, -0.2) is 66.8 Å². The number of nitrogens with two attached hydrogens (primary N) is 1. The Balaban J connectivity index is 1.57. The number of amides is 1. The predicted octanol–water partition coefficient (Wildman–Crippen LogP) is 2.64. The van der Waals surface area contributed by atoms with Gasteiger partial charge in [-0.05, 0) is 52.4 Å². The van der Waals surface area contributed by atoms with Crippen LogP contribution in [0.25, 0.3) is 11.2 Å². The van der Waals surface area contributed by atoms with E-state index in [-0.39, 0.29) is 12.1 Å². The Labute approximate surface area is 176 Å². The first kappa shape index (κ1) is 20.6. The summed E-state index contributed by atoms with van der Waals surface area (Å²) in [6.07, 6.45) is 6.50. The second-order valence-electron chi connectivity index (χ2n) is 8.76. The van der Waals surface area contributed by atoms with Crippen molar-refractivity contribution >= 4 is 29.0 Å². The zero-order chi connectivity index (χ0) is 21.3. The number of nitrogens with one attached hydrogen (secondary N) is 2. The number of anilines is 2. The quantitative estimate of drug-likeness (QED) is 0.584. The Morgan fingerprint density at radius 2 is 1.77 bits per heavy atom. The highest BCUT2D eigenvalue weighted by atomic mass is 16.4. The summed E-state index contributed by atoms with van der Waals surface area (Å²) < 4.78 is 2.05. The van der Waals surface area contributed by atoms with Gasteiger partial charge in [-0.1, -0.05) is 0 Å². The first-order chi connectivity index (χ1) is 14.4. The molecule has 0 spiro atoms. The number of hydrogen-bond acceptors (Lipinski definition) is 7. The summed E-state index contributed by atoms with van der Waals surface area (Å²) in [5.74, 6) is 1.32.